The fraction of sp³-hybridized carbons (Fsp3) is 0.348. The number of aromatic nitrogens is 3. The molecule has 0 aliphatic heterocycles. The van der Waals surface area contributed by atoms with Gasteiger partial charge in [0.25, 0.3) is 0 Å². The minimum absolute atomic E-state index is 0.177. The molecular weight excluding hydrogens is 516 g/mol. The molecular formula is C23H20ClF6N3O3. The van der Waals surface area contributed by atoms with Gasteiger partial charge in [-0.15, -0.1) is 5.10 Å². The summed E-state index contributed by atoms with van der Waals surface area (Å²) in [4.78, 5) is 25.5. The van der Waals surface area contributed by atoms with Crippen LogP contribution in [0.4, 0.5) is 26.3 Å². The Morgan fingerprint density at radius 3 is 2.17 bits per heavy atom. The van der Waals surface area contributed by atoms with Crippen molar-refractivity contribution in [2.24, 2.45) is 0 Å². The maximum absolute atomic E-state index is 13.1. The zero-order valence-corrected chi connectivity index (χ0v) is 19.2. The second-order valence-electron chi connectivity index (χ2n) is 8.11. The van der Waals surface area contributed by atoms with Gasteiger partial charge in [0.2, 0.25) is 0 Å². The first kappa shape index (κ1) is 27.5. The van der Waals surface area contributed by atoms with Crippen LogP contribution in [0.1, 0.15) is 24.3 Å². The molecule has 36 heavy (non-hydrogen) atoms. The van der Waals surface area contributed by atoms with Crippen LogP contribution in [0, 0.1) is 0 Å². The first-order valence-corrected chi connectivity index (χ1v) is 10.9. The number of ketones is 1. The molecule has 1 N–H and O–H groups in total. The Morgan fingerprint density at radius 2 is 1.61 bits per heavy atom. The molecule has 1 unspecified atom stereocenters. The summed E-state index contributed by atoms with van der Waals surface area (Å²) in [5.74, 6) is -2.28. The van der Waals surface area contributed by atoms with Crippen molar-refractivity contribution in [1.82, 2.24) is 14.3 Å². The molecule has 0 amide bonds. The predicted molar refractivity (Wildman–Crippen MR) is 118 cm³/mol. The molecule has 2 aromatic carbocycles. The number of Topliss-reactive ketones (excluding diaryl/α,β-unsaturated/α-hetero) is 1. The molecule has 13 heteroatoms. The van der Waals surface area contributed by atoms with Crippen LogP contribution in [0.5, 0.6) is 0 Å². The van der Waals surface area contributed by atoms with E-state index in [4.69, 9.17) is 11.6 Å². The van der Waals surface area contributed by atoms with E-state index in [9.17, 15) is 41.0 Å². The lowest BCUT2D eigenvalue weighted by Gasteiger charge is -2.18. The summed E-state index contributed by atoms with van der Waals surface area (Å²) in [7, 11) is 0. The standard InChI is InChI=1S/C23H20ClF6N3O3/c24-17-8-6-15(7-9-17)20-31-33(21(36)32(20)13-19(35)23(28,29)30)12-18(34)10-16(11-22(25,26)27)14-4-2-1-3-5-14/h1-9,16,19,35H,10-13H2/t16?,19-/m0/s1. The van der Waals surface area contributed by atoms with Gasteiger partial charge >= 0.3 is 18.0 Å². The number of rotatable bonds is 9. The third-order valence-electron chi connectivity index (χ3n) is 5.31. The van der Waals surface area contributed by atoms with Gasteiger partial charge in [-0.05, 0) is 35.7 Å². The van der Waals surface area contributed by atoms with Gasteiger partial charge < -0.3 is 5.11 Å². The Hall–Kier alpha value is -3.12. The molecule has 0 saturated carbocycles. The molecule has 0 radical (unpaired) electrons. The zero-order valence-electron chi connectivity index (χ0n) is 18.4. The van der Waals surface area contributed by atoms with Gasteiger partial charge in [0, 0.05) is 17.0 Å². The van der Waals surface area contributed by atoms with Crippen molar-refractivity contribution in [1.29, 1.82) is 0 Å². The maximum atomic E-state index is 13.1. The minimum atomic E-state index is -5.03. The molecule has 0 aliphatic carbocycles. The molecule has 0 fully saturated rings. The summed E-state index contributed by atoms with van der Waals surface area (Å²) in [6, 6.07) is 13.1. The second-order valence-corrected chi connectivity index (χ2v) is 8.54. The molecule has 0 saturated heterocycles. The van der Waals surface area contributed by atoms with E-state index in [1.165, 1.54) is 48.5 Å². The highest BCUT2D eigenvalue weighted by molar-refractivity contribution is 6.30. The summed E-state index contributed by atoms with van der Waals surface area (Å²) < 4.78 is 79.3. The third kappa shape index (κ3) is 7.20. The second kappa shape index (κ2) is 10.9. The molecule has 0 aliphatic rings. The molecule has 6 nitrogen and oxygen atoms in total. The molecule has 2 atom stereocenters. The van der Waals surface area contributed by atoms with Gasteiger partial charge in [0.15, 0.2) is 17.7 Å². The number of halogens is 7. The van der Waals surface area contributed by atoms with Crippen LogP contribution in [0.15, 0.2) is 59.4 Å². The number of alkyl halides is 6. The lowest BCUT2D eigenvalue weighted by Crippen LogP contribution is -2.37. The van der Waals surface area contributed by atoms with Gasteiger partial charge in [-0.3, -0.25) is 9.36 Å². The first-order chi connectivity index (χ1) is 16.7. The SMILES string of the molecule is O=C(CC(CC(F)(F)F)c1ccccc1)Cn1nc(-c2ccc(Cl)cc2)n(C[C@H](O)C(F)(F)F)c1=O. The first-order valence-electron chi connectivity index (χ1n) is 10.6. The molecule has 1 aromatic heterocycles. The molecule has 1 heterocycles. The predicted octanol–water partition coefficient (Wildman–Crippen LogP) is 4.98. The number of carbonyl (C=O) groups is 1. The van der Waals surface area contributed by atoms with E-state index >= 15 is 0 Å². The highest BCUT2D eigenvalue weighted by atomic mass is 35.5. The normalized spacial score (nSPS) is 14.0. The highest BCUT2D eigenvalue weighted by Crippen LogP contribution is 2.33. The number of nitrogens with zero attached hydrogens (tertiary/aromatic N) is 3. The number of carbonyl (C=O) groups excluding carboxylic acids is 1. The molecule has 0 bridgehead atoms. The number of aliphatic hydroxyl groups is 1. The van der Waals surface area contributed by atoms with E-state index in [0.29, 0.717) is 14.3 Å². The number of aliphatic hydroxyl groups excluding tert-OH is 1. The average molecular weight is 536 g/mol. The average Bonchev–Trinajstić information content (AvgIpc) is 3.08. The van der Waals surface area contributed by atoms with Crippen molar-refractivity contribution in [3.8, 4) is 11.4 Å². The zero-order chi connectivity index (χ0) is 26.7. The summed E-state index contributed by atoms with van der Waals surface area (Å²) in [6.07, 6.45) is -14.3. The van der Waals surface area contributed by atoms with Crippen LogP contribution in [0.2, 0.25) is 5.02 Å². The van der Waals surface area contributed by atoms with E-state index in [1.54, 1.807) is 6.07 Å². The largest absolute Gasteiger partial charge is 0.416 e. The maximum Gasteiger partial charge on any atom is 0.416 e. The van der Waals surface area contributed by atoms with Gasteiger partial charge in [0.05, 0.1) is 13.0 Å². The van der Waals surface area contributed by atoms with Crippen molar-refractivity contribution in [2.75, 3.05) is 0 Å². The Bertz CT molecular complexity index is 1240. The van der Waals surface area contributed by atoms with E-state index in [-0.39, 0.29) is 17.0 Å². The van der Waals surface area contributed by atoms with Crippen LogP contribution in [0.25, 0.3) is 11.4 Å². The Morgan fingerprint density at radius 1 is 1.00 bits per heavy atom. The van der Waals surface area contributed by atoms with E-state index < -0.39 is 61.8 Å². The fourth-order valence-corrected chi connectivity index (χ4v) is 3.74. The monoisotopic (exact) mass is 535 g/mol. The van der Waals surface area contributed by atoms with E-state index in [0.717, 1.165) is 0 Å². The molecule has 194 valence electrons. The van der Waals surface area contributed by atoms with Gasteiger partial charge in [0.1, 0.15) is 6.54 Å². The topological polar surface area (TPSA) is 77.1 Å². The lowest BCUT2D eigenvalue weighted by atomic mass is 9.90. The summed E-state index contributed by atoms with van der Waals surface area (Å²) >= 11 is 5.83. The Labute approximate surface area is 205 Å². The van der Waals surface area contributed by atoms with Crippen molar-refractivity contribution in [3.63, 3.8) is 0 Å². The lowest BCUT2D eigenvalue weighted by molar-refractivity contribution is -0.207. The van der Waals surface area contributed by atoms with Crippen molar-refractivity contribution >= 4 is 17.4 Å². The fourth-order valence-electron chi connectivity index (χ4n) is 3.62. The summed E-state index contributed by atoms with van der Waals surface area (Å²) in [5.41, 5.74) is -0.684. The van der Waals surface area contributed by atoms with Crippen LogP contribution in [-0.4, -0.2) is 43.7 Å². The highest BCUT2D eigenvalue weighted by Gasteiger charge is 2.39. The quantitative estimate of drug-likeness (QED) is 0.392. The van der Waals surface area contributed by atoms with E-state index in [2.05, 4.69) is 5.10 Å². The Balaban J connectivity index is 1.92. The number of hydrogen-bond donors (Lipinski definition) is 1. The number of hydrogen-bond acceptors (Lipinski definition) is 4. The summed E-state index contributed by atoms with van der Waals surface area (Å²) in [6.45, 7) is -1.97. The van der Waals surface area contributed by atoms with Crippen LogP contribution in [0.3, 0.4) is 0 Å². The minimum Gasteiger partial charge on any atom is -0.382 e. The van der Waals surface area contributed by atoms with Crippen molar-refractivity contribution < 1.29 is 36.2 Å². The van der Waals surface area contributed by atoms with Crippen molar-refractivity contribution in [2.45, 2.75) is 50.3 Å². The number of benzene rings is 2. The Kier molecular flexibility index (Phi) is 8.29. The molecule has 3 aromatic rings. The third-order valence-corrected chi connectivity index (χ3v) is 5.56. The van der Waals surface area contributed by atoms with Crippen LogP contribution in [-0.2, 0) is 17.9 Å². The van der Waals surface area contributed by atoms with Gasteiger partial charge in [-0.2, -0.15) is 26.3 Å². The molecule has 3 rings (SSSR count). The van der Waals surface area contributed by atoms with Crippen molar-refractivity contribution in [3.05, 3.63) is 75.7 Å². The van der Waals surface area contributed by atoms with E-state index in [1.807, 2.05) is 0 Å². The smallest absolute Gasteiger partial charge is 0.382 e. The van der Waals surface area contributed by atoms with Gasteiger partial charge in [-0.1, -0.05) is 41.9 Å². The van der Waals surface area contributed by atoms with Gasteiger partial charge in [-0.25, -0.2) is 9.48 Å². The molecule has 0 spiro atoms. The summed E-state index contributed by atoms with van der Waals surface area (Å²) in [5, 5.41) is 13.7. The van der Waals surface area contributed by atoms with Crippen LogP contribution < -0.4 is 5.69 Å². The van der Waals surface area contributed by atoms with Crippen LogP contribution >= 0.6 is 11.6 Å².